The summed E-state index contributed by atoms with van der Waals surface area (Å²) in [5, 5.41) is 21.4. The highest BCUT2D eigenvalue weighted by atomic mass is 16.5. The molecule has 0 saturated carbocycles. The number of rotatable bonds is 9. The van der Waals surface area contributed by atoms with E-state index in [1.165, 1.54) is 18.1 Å². The van der Waals surface area contributed by atoms with Crippen LogP contribution in [0.3, 0.4) is 0 Å². The number of phenolic OH excluding ortho intramolecular Hbond substituents is 1. The lowest BCUT2D eigenvalue weighted by Gasteiger charge is -2.29. The summed E-state index contributed by atoms with van der Waals surface area (Å²) in [7, 11) is 1.54. The van der Waals surface area contributed by atoms with Crippen molar-refractivity contribution >= 4 is 17.4 Å². The number of benzene rings is 2. The first-order valence-corrected chi connectivity index (χ1v) is 12.1. The number of methoxy groups -OCH3 is 1. The average Bonchev–Trinajstić information content (AvgIpc) is 3.15. The molecule has 4 rings (SSSR count). The predicted molar refractivity (Wildman–Crippen MR) is 133 cm³/mol. The molecule has 0 aliphatic carbocycles. The summed E-state index contributed by atoms with van der Waals surface area (Å²) in [6.07, 6.45) is 0.655. The van der Waals surface area contributed by atoms with E-state index in [-0.39, 0.29) is 22.8 Å². The SMILES string of the molecule is CCOc1cc([C@@H]2C(=C(O)c3ccc(OC)cc3)C(=O)C(=O)N2CCCN2CCOCC2)ccc1O. The van der Waals surface area contributed by atoms with Crippen molar-refractivity contribution in [3.05, 3.63) is 59.2 Å². The van der Waals surface area contributed by atoms with E-state index >= 15 is 0 Å². The fourth-order valence-corrected chi connectivity index (χ4v) is 4.62. The molecule has 1 atom stereocenters. The maximum atomic E-state index is 13.2. The molecule has 2 N–H and O–H groups in total. The third kappa shape index (κ3) is 5.32. The molecule has 36 heavy (non-hydrogen) atoms. The number of amides is 1. The molecule has 2 aromatic carbocycles. The Kier molecular flexibility index (Phi) is 8.12. The lowest BCUT2D eigenvalue weighted by molar-refractivity contribution is -0.140. The molecular formula is C27H32N2O7. The molecule has 2 aliphatic rings. The molecule has 0 radical (unpaired) electrons. The Bertz CT molecular complexity index is 1120. The monoisotopic (exact) mass is 496 g/mol. The number of aliphatic hydroxyl groups is 1. The van der Waals surface area contributed by atoms with Crippen LogP contribution in [-0.4, -0.2) is 84.8 Å². The van der Waals surface area contributed by atoms with Crippen molar-refractivity contribution in [1.82, 2.24) is 9.80 Å². The molecule has 1 amide bonds. The van der Waals surface area contributed by atoms with Crippen LogP contribution >= 0.6 is 0 Å². The highest BCUT2D eigenvalue weighted by Crippen LogP contribution is 2.42. The molecule has 0 spiro atoms. The lowest BCUT2D eigenvalue weighted by atomic mass is 9.95. The third-order valence-electron chi connectivity index (χ3n) is 6.48. The van der Waals surface area contributed by atoms with Gasteiger partial charge < -0.3 is 29.3 Å². The highest BCUT2D eigenvalue weighted by molar-refractivity contribution is 6.46. The number of ketones is 1. The van der Waals surface area contributed by atoms with Gasteiger partial charge in [0.1, 0.15) is 11.5 Å². The molecule has 2 aromatic rings. The van der Waals surface area contributed by atoms with Gasteiger partial charge in [-0.25, -0.2) is 0 Å². The number of carbonyl (C=O) groups is 2. The van der Waals surface area contributed by atoms with Crippen LogP contribution in [0.5, 0.6) is 17.2 Å². The number of ether oxygens (including phenoxy) is 3. The van der Waals surface area contributed by atoms with Gasteiger partial charge >= 0.3 is 0 Å². The summed E-state index contributed by atoms with van der Waals surface area (Å²) in [6, 6.07) is 10.5. The van der Waals surface area contributed by atoms with Gasteiger partial charge in [0.15, 0.2) is 11.5 Å². The van der Waals surface area contributed by atoms with Crippen molar-refractivity contribution in [1.29, 1.82) is 0 Å². The second-order valence-corrected chi connectivity index (χ2v) is 8.69. The van der Waals surface area contributed by atoms with Gasteiger partial charge in [-0.3, -0.25) is 14.5 Å². The smallest absolute Gasteiger partial charge is 0.295 e. The van der Waals surface area contributed by atoms with Crippen molar-refractivity contribution in [2.75, 3.05) is 53.1 Å². The Hall–Kier alpha value is -3.56. The van der Waals surface area contributed by atoms with Crippen LogP contribution in [0.1, 0.15) is 30.5 Å². The molecule has 192 valence electrons. The van der Waals surface area contributed by atoms with Crippen molar-refractivity contribution in [2.45, 2.75) is 19.4 Å². The van der Waals surface area contributed by atoms with E-state index in [2.05, 4.69) is 4.90 Å². The zero-order valence-electron chi connectivity index (χ0n) is 20.6. The second kappa shape index (κ2) is 11.5. The molecule has 2 saturated heterocycles. The molecule has 9 nitrogen and oxygen atoms in total. The average molecular weight is 497 g/mol. The number of hydrogen-bond acceptors (Lipinski definition) is 8. The summed E-state index contributed by atoms with van der Waals surface area (Å²) in [6.45, 7) is 6.25. The summed E-state index contributed by atoms with van der Waals surface area (Å²) in [5.41, 5.74) is 0.970. The zero-order valence-corrected chi connectivity index (χ0v) is 20.6. The van der Waals surface area contributed by atoms with E-state index < -0.39 is 17.7 Å². The van der Waals surface area contributed by atoms with E-state index in [0.717, 1.165) is 19.6 Å². The number of hydrogen-bond donors (Lipinski definition) is 2. The topological polar surface area (TPSA) is 109 Å². The molecular weight excluding hydrogens is 464 g/mol. The number of nitrogens with zero attached hydrogens (tertiary/aromatic N) is 2. The molecule has 0 bridgehead atoms. The molecule has 0 unspecified atom stereocenters. The molecule has 2 heterocycles. The largest absolute Gasteiger partial charge is 0.507 e. The third-order valence-corrected chi connectivity index (χ3v) is 6.48. The molecule has 9 heteroatoms. The van der Waals surface area contributed by atoms with Gasteiger partial charge in [-0.1, -0.05) is 6.07 Å². The fourth-order valence-electron chi connectivity index (χ4n) is 4.62. The van der Waals surface area contributed by atoms with Crippen molar-refractivity contribution < 1.29 is 34.0 Å². The quantitative estimate of drug-likeness (QED) is 0.310. The number of morpholine rings is 1. The van der Waals surface area contributed by atoms with E-state index in [1.807, 2.05) is 0 Å². The number of Topliss-reactive ketones (excluding diaryl/α,β-unsaturated/α-hetero) is 1. The number of aliphatic hydroxyl groups excluding tert-OH is 1. The summed E-state index contributed by atoms with van der Waals surface area (Å²) in [5.74, 6) is -0.860. The van der Waals surface area contributed by atoms with Crippen LogP contribution in [0.15, 0.2) is 48.0 Å². The maximum Gasteiger partial charge on any atom is 0.295 e. The Balaban J connectivity index is 1.71. The molecule has 2 fully saturated rings. The Morgan fingerprint density at radius 1 is 1.08 bits per heavy atom. The molecule has 2 aliphatic heterocycles. The Labute approximate surface area is 210 Å². The fraction of sp³-hybridized carbons (Fsp3) is 0.407. The van der Waals surface area contributed by atoms with Crippen LogP contribution in [0, 0.1) is 0 Å². The molecule has 0 aromatic heterocycles. The van der Waals surface area contributed by atoms with Crippen molar-refractivity contribution in [2.24, 2.45) is 0 Å². The second-order valence-electron chi connectivity index (χ2n) is 8.69. The van der Waals surface area contributed by atoms with Crippen LogP contribution in [0.4, 0.5) is 0 Å². The van der Waals surface area contributed by atoms with E-state index in [1.54, 1.807) is 43.3 Å². The van der Waals surface area contributed by atoms with Crippen molar-refractivity contribution in [3.8, 4) is 17.2 Å². The van der Waals surface area contributed by atoms with Gasteiger partial charge in [0.2, 0.25) is 0 Å². The minimum absolute atomic E-state index is 0.00433. The number of aromatic hydroxyl groups is 1. The lowest BCUT2D eigenvalue weighted by Crippen LogP contribution is -2.38. The summed E-state index contributed by atoms with van der Waals surface area (Å²) < 4.78 is 16.1. The van der Waals surface area contributed by atoms with Crippen LogP contribution < -0.4 is 9.47 Å². The van der Waals surface area contributed by atoms with Gasteiger partial charge in [0.25, 0.3) is 11.7 Å². The van der Waals surface area contributed by atoms with Gasteiger partial charge in [-0.2, -0.15) is 0 Å². The number of phenols is 1. The van der Waals surface area contributed by atoms with E-state index in [4.69, 9.17) is 14.2 Å². The normalized spacial score (nSPS) is 20.1. The Morgan fingerprint density at radius 3 is 2.47 bits per heavy atom. The first-order valence-electron chi connectivity index (χ1n) is 12.1. The first kappa shape index (κ1) is 25.5. The minimum Gasteiger partial charge on any atom is -0.507 e. The van der Waals surface area contributed by atoms with Gasteiger partial charge in [0.05, 0.1) is 38.5 Å². The summed E-state index contributed by atoms with van der Waals surface area (Å²) in [4.78, 5) is 30.2. The van der Waals surface area contributed by atoms with Crippen molar-refractivity contribution in [3.63, 3.8) is 0 Å². The van der Waals surface area contributed by atoms with Crippen LogP contribution in [-0.2, 0) is 14.3 Å². The predicted octanol–water partition coefficient (Wildman–Crippen LogP) is 2.94. The Morgan fingerprint density at radius 2 is 1.81 bits per heavy atom. The van der Waals surface area contributed by atoms with E-state index in [9.17, 15) is 19.8 Å². The summed E-state index contributed by atoms with van der Waals surface area (Å²) >= 11 is 0. The first-order chi connectivity index (χ1) is 17.4. The van der Waals surface area contributed by atoms with E-state index in [0.29, 0.717) is 49.7 Å². The standard InChI is InChI=1S/C27H32N2O7/c1-3-36-22-17-19(7-10-21(22)30)24-23(25(31)18-5-8-20(34-2)9-6-18)26(32)27(33)29(24)12-4-11-28-13-15-35-16-14-28/h5-10,17,24,30-31H,3-4,11-16H2,1-2H3/t24-/m1/s1. The van der Waals surface area contributed by atoms with Crippen LogP contribution in [0.2, 0.25) is 0 Å². The minimum atomic E-state index is -0.823. The maximum absolute atomic E-state index is 13.2. The highest BCUT2D eigenvalue weighted by Gasteiger charge is 2.46. The van der Waals surface area contributed by atoms with Gasteiger partial charge in [-0.05, 0) is 55.3 Å². The number of carbonyl (C=O) groups excluding carboxylic acids is 2. The zero-order chi connectivity index (χ0) is 25.7. The van der Waals surface area contributed by atoms with Gasteiger partial charge in [0, 0.05) is 31.7 Å². The van der Waals surface area contributed by atoms with Crippen LogP contribution in [0.25, 0.3) is 5.76 Å². The van der Waals surface area contributed by atoms with Gasteiger partial charge in [-0.15, -0.1) is 0 Å². The number of likely N-dealkylation sites (tertiary alicyclic amines) is 1.